The third-order valence-corrected chi connectivity index (χ3v) is 8.62. The Morgan fingerprint density at radius 2 is 1.77 bits per heavy atom. The highest BCUT2D eigenvalue weighted by Gasteiger charge is 2.45. The van der Waals surface area contributed by atoms with Gasteiger partial charge in [0.15, 0.2) is 6.23 Å². The quantitative estimate of drug-likeness (QED) is 0.355. The molecule has 2 atom stereocenters. The van der Waals surface area contributed by atoms with Gasteiger partial charge in [-0.1, -0.05) is 30.3 Å². The summed E-state index contributed by atoms with van der Waals surface area (Å²) in [5.74, 6) is -1.75. The van der Waals surface area contributed by atoms with Crippen molar-refractivity contribution in [2.75, 3.05) is 36.4 Å². The summed E-state index contributed by atoms with van der Waals surface area (Å²) in [5, 5.41) is 25.8. The minimum atomic E-state index is -1.30. The molecule has 3 heterocycles. The number of carbonyl (C=O) groups is 3. The Morgan fingerprint density at radius 3 is 2.45 bits per heavy atom. The molecule has 226 valence electrons. The van der Waals surface area contributed by atoms with Crippen LogP contribution in [-0.4, -0.2) is 64.8 Å². The van der Waals surface area contributed by atoms with Crippen molar-refractivity contribution in [1.29, 1.82) is 5.26 Å². The number of rotatable bonds is 7. The zero-order valence-electron chi connectivity index (χ0n) is 24.3. The molecule has 2 unspecified atom stereocenters. The summed E-state index contributed by atoms with van der Waals surface area (Å²) >= 11 is 0. The van der Waals surface area contributed by atoms with E-state index in [0.717, 1.165) is 41.2 Å². The maximum Gasteiger partial charge on any atom is 0.257 e. The minimum absolute atomic E-state index is 0.110. The van der Waals surface area contributed by atoms with E-state index in [1.807, 2.05) is 30.0 Å². The van der Waals surface area contributed by atoms with Gasteiger partial charge in [0, 0.05) is 62.5 Å². The largest absolute Gasteiger partial charge is 0.381 e. The average molecular weight is 597 g/mol. The van der Waals surface area contributed by atoms with Gasteiger partial charge in [-0.3, -0.25) is 29.5 Å². The molecule has 0 saturated carbocycles. The number of anilines is 2. The van der Waals surface area contributed by atoms with E-state index in [-0.39, 0.29) is 24.6 Å². The summed E-state index contributed by atoms with van der Waals surface area (Å²) in [7, 11) is 0. The Kier molecular flexibility index (Phi) is 8.03. The summed E-state index contributed by atoms with van der Waals surface area (Å²) in [6.45, 7) is 6.05. The number of aryl methyl sites for hydroxylation is 1. The lowest BCUT2D eigenvalue weighted by atomic mass is 10.0. The van der Waals surface area contributed by atoms with Crippen LogP contribution in [0.2, 0.25) is 0 Å². The molecule has 3 N–H and O–H groups in total. The number of piperidine rings is 1. The number of nitrogens with one attached hydrogen (secondary N) is 2. The van der Waals surface area contributed by atoms with Crippen molar-refractivity contribution in [3.8, 4) is 6.07 Å². The fourth-order valence-electron chi connectivity index (χ4n) is 6.38. The van der Waals surface area contributed by atoms with E-state index in [1.54, 1.807) is 24.3 Å². The summed E-state index contributed by atoms with van der Waals surface area (Å²) in [4.78, 5) is 42.7. The number of fused-ring (bicyclic) bond motifs is 1. The molecule has 2 fully saturated rings. The first-order valence-corrected chi connectivity index (χ1v) is 14.7. The molecule has 3 aliphatic heterocycles. The number of piperazine rings is 1. The third kappa shape index (κ3) is 5.62. The summed E-state index contributed by atoms with van der Waals surface area (Å²) < 4.78 is 14.7. The van der Waals surface area contributed by atoms with E-state index < -0.39 is 24.1 Å². The fraction of sp³-hybridized carbons (Fsp3) is 0.333. The van der Waals surface area contributed by atoms with Crippen LogP contribution in [-0.2, 0) is 22.7 Å². The molecule has 0 aliphatic carbocycles. The van der Waals surface area contributed by atoms with Gasteiger partial charge < -0.3 is 15.3 Å². The summed E-state index contributed by atoms with van der Waals surface area (Å²) in [6, 6.07) is 17.5. The number of nitriles is 1. The second kappa shape index (κ2) is 12.1. The molecular weight excluding hydrogens is 563 g/mol. The van der Waals surface area contributed by atoms with E-state index in [0.29, 0.717) is 47.7 Å². The lowest BCUT2D eigenvalue weighted by Gasteiger charge is -2.37. The standard InChI is InChI=1S/C33H33FN6O4/c1-20-15-23(17-35)16-25(34)30(20)39-13-11-38(12-14-39)19-22-7-5-21(6-8-22)18-36-26-4-2-3-24-29(26)33(44)40(32(24)43)27-9-10-28(41)37-31(27)42/h2-8,15-16,27,33,36,44H,9-14,18-19H2,1H3,(H,37,41,42). The van der Waals surface area contributed by atoms with Crippen molar-refractivity contribution in [1.82, 2.24) is 15.1 Å². The number of aliphatic hydroxyl groups is 1. The molecule has 0 bridgehead atoms. The van der Waals surface area contributed by atoms with Gasteiger partial charge in [-0.2, -0.15) is 5.26 Å². The van der Waals surface area contributed by atoms with E-state index in [9.17, 15) is 23.9 Å². The van der Waals surface area contributed by atoms with Crippen molar-refractivity contribution in [2.45, 2.75) is 45.1 Å². The molecule has 0 radical (unpaired) electrons. The molecular formula is C33H33FN6O4. The number of hydrogen-bond donors (Lipinski definition) is 3. The van der Waals surface area contributed by atoms with Crippen LogP contribution in [0, 0.1) is 24.1 Å². The van der Waals surface area contributed by atoms with Crippen LogP contribution in [0.5, 0.6) is 0 Å². The first-order valence-electron chi connectivity index (χ1n) is 14.7. The van der Waals surface area contributed by atoms with Crippen LogP contribution in [0.15, 0.2) is 54.6 Å². The molecule has 0 aromatic heterocycles. The highest BCUT2D eigenvalue weighted by atomic mass is 19.1. The van der Waals surface area contributed by atoms with Gasteiger partial charge in [0.2, 0.25) is 11.8 Å². The summed E-state index contributed by atoms with van der Waals surface area (Å²) in [5.41, 5.74) is 5.21. The summed E-state index contributed by atoms with van der Waals surface area (Å²) in [6.07, 6.45) is -1.02. The van der Waals surface area contributed by atoms with Gasteiger partial charge in [-0.25, -0.2) is 4.39 Å². The molecule has 6 rings (SSSR count). The van der Waals surface area contributed by atoms with Crippen LogP contribution in [0.4, 0.5) is 15.8 Å². The lowest BCUT2D eigenvalue weighted by Crippen LogP contribution is -2.53. The average Bonchev–Trinajstić information content (AvgIpc) is 3.27. The molecule has 3 amide bonds. The van der Waals surface area contributed by atoms with Crippen LogP contribution in [0.3, 0.4) is 0 Å². The number of amides is 3. The van der Waals surface area contributed by atoms with Gasteiger partial charge in [0.05, 0.1) is 17.3 Å². The second-order valence-corrected chi connectivity index (χ2v) is 11.5. The highest BCUT2D eigenvalue weighted by molar-refractivity contribution is 6.06. The van der Waals surface area contributed by atoms with E-state index in [1.165, 1.54) is 6.07 Å². The second-order valence-electron chi connectivity index (χ2n) is 11.5. The Morgan fingerprint density at radius 1 is 1.05 bits per heavy atom. The molecule has 10 nitrogen and oxygen atoms in total. The highest BCUT2D eigenvalue weighted by Crippen LogP contribution is 2.39. The van der Waals surface area contributed by atoms with Crippen molar-refractivity contribution in [3.63, 3.8) is 0 Å². The molecule has 3 aliphatic rings. The number of aliphatic hydroxyl groups excluding tert-OH is 1. The number of halogens is 1. The van der Waals surface area contributed by atoms with E-state index in [2.05, 4.69) is 27.7 Å². The molecule has 0 spiro atoms. The number of nitrogens with zero attached hydrogens (tertiary/aromatic N) is 4. The van der Waals surface area contributed by atoms with Gasteiger partial charge in [-0.05, 0) is 54.3 Å². The fourth-order valence-corrected chi connectivity index (χ4v) is 6.38. The molecule has 2 saturated heterocycles. The number of hydrogen-bond acceptors (Lipinski definition) is 8. The Labute approximate surface area is 254 Å². The van der Waals surface area contributed by atoms with Crippen molar-refractivity contribution >= 4 is 29.1 Å². The van der Waals surface area contributed by atoms with Crippen LogP contribution < -0.4 is 15.5 Å². The Bertz CT molecular complexity index is 1640. The molecule has 11 heteroatoms. The van der Waals surface area contributed by atoms with Gasteiger partial charge in [0.25, 0.3) is 5.91 Å². The van der Waals surface area contributed by atoms with E-state index in [4.69, 9.17) is 5.26 Å². The predicted octanol–water partition coefficient (Wildman–Crippen LogP) is 3.19. The maximum atomic E-state index is 14.7. The zero-order valence-corrected chi connectivity index (χ0v) is 24.3. The Hall–Kier alpha value is -4.79. The number of benzene rings is 3. The van der Waals surface area contributed by atoms with Gasteiger partial charge in [0.1, 0.15) is 11.9 Å². The molecule has 3 aromatic rings. The topological polar surface area (TPSA) is 129 Å². The number of carbonyl (C=O) groups excluding carboxylic acids is 3. The van der Waals surface area contributed by atoms with Crippen molar-refractivity contribution < 1.29 is 23.9 Å². The zero-order chi connectivity index (χ0) is 31.0. The number of imide groups is 1. The van der Waals surface area contributed by atoms with Gasteiger partial charge >= 0.3 is 0 Å². The molecule has 44 heavy (non-hydrogen) atoms. The van der Waals surface area contributed by atoms with E-state index >= 15 is 0 Å². The van der Waals surface area contributed by atoms with Gasteiger partial charge in [-0.15, -0.1) is 0 Å². The molecule has 3 aromatic carbocycles. The van der Waals surface area contributed by atoms with Crippen molar-refractivity contribution in [3.05, 3.63) is 93.8 Å². The first-order chi connectivity index (χ1) is 21.2. The monoisotopic (exact) mass is 596 g/mol. The SMILES string of the molecule is Cc1cc(C#N)cc(F)c1N1CCN(Cc2ccc(CNc3cccc4c3C(O)N(C3CCC(=O)NC3=O)C4=O)cc2)CC1. The normalized spacial score (nSPS) is 20.4. The van der Waals surface area contributed by atoms with Crippen LogP contribution in [0.1, 0.15) is 57.2 Å². The minimum Gasteiger partial charge on any atom is -0.381 e. The Balaban J connectivity index is 1.05. The van der Waals surface area contributed by atoms with Crippen molar-refractivity contribution in [2.24, 2.45) is 0 Å². The van der Waals surface area contributed by atoms with Crippen LogP contribution >= 0.6 is 0 Å². The smallest absolute Gasteiger partial charge is 0.257 e. The van der Waals surface area contributed by atoms with Crippen LogP contribution in [0.25, 0.3) is 0 Å². The lowest BCUT2D eigenvalue weighted by molar-refractivity contribution is -0.139. The predicted molar refractivity (Wildman–Crippen MR) is 161 cm³/mol. The maximum absolute atomic E-state index is 14.7. The third-order valence-electron chi connectivity index (χ3n) is 8.62. The first kappa shape index (κ1) is 29.3.